The third kappa shape index (κ3) is 3.55. The van der Waals surface area contributed by atoms with Gasteiger partial charge in [0.1, 0.15) is 0 Å². The summed E-state index contributed by atoms with van der Waals surface area (Å²) < 4.78 is 0. The van der Waals surface area contributed by atoms with Crippen molar-refractivity contribution in [1.29, 1.82) is 0 Å². The van der Waals surface area contributed by atoms with Gasteiger partial charge in [-0.2, -0.15) is 0 Å². The Hall–Kier alpha value is -2.31. The van der Waals surface area contributed by atoms with E-state index in [1.165, 1.54) is 0 Å². The SMILES string of the molecule is ClC1=C(N2CCNCC2)C(NCc2ccc3nccnc3c2)=CNC1. The molecule has 1 aromatic carbocycles. The highest BCUT2D eigenvalue weighted by atomic mass is 35.5. The average Bonchev–Trinajstić information content (AvgIpc) is 2.67. The summed E-state index contributed by atoms with van der Waals surface area (Å²) >= 11 is 6.53. The topological polar surface area (TPSA) is 65.1 Å². The van der Waals surface area contributed by atoms with E-state index in [4.69, 9.17) is 11.6 Å². The summed E-state index contributed by atoms with van der Waals surface area (Å²) in [4.78, 5) is 11.0. The van der Waals surface area contributed by atoms with Gasteiger partial charge < -0.3 is 20.9 Å². The first kappa shape index (κ1) is 16.2. The Kier molecular flexibility index (Phi) is 4.72. The van der Waals surface area contributed by atoms with Gasteiger partial charge in [-0.1, -0.05) is 17.7 Å². The van der Waals surface area contributed by atoms with E-state index in [2.05, 4.69) is 43.0 Å². The lowest BCUT2D eigenvalue weighted by molar-refractivity contribution is 0.298. The number of aromatic nitrogens is 2. The molecule has 1 fully saturated rings. The molecule has 0 radical (unpaired) electrons. The van der Waals surface area contributed by atoms with Crippen molar-refractivity contribution < 1.29 is 0 Å². The van der Waals surface area contributed by atoms with Crippen LogP contribution >= 0.6 is 11.6 Å². The van der Waals surface area contributed by atoms with Gasteiger partial charge in [0.05, 0.1) is 34.0 Å². The fourth-order valence-electron chi connectivity index (χ4n) is 3.22. The summed E-state index contributed by atoms with van der Waals surface area (Å²) in [5.74, 6) is 0. The fraction of sp³-hybridized carbons (Fsp3) is 0.333. The Labute approximate surface area is 152 Å². The van der Waals surface area contributed by atoms with E-state index >= 15 is 0 Å². The number of hydrogen-bond acceptors (Lipinski definition) is 6. The smallest absolute Gasteiger partial charge is 0.0890 e. The number of nitrogens with one attached hydrogen (secondary N) is 3. The molecule has 0 amide bonds. The molecule has 2 aliphatic rings. The van der Waals surface area contributed by atoms with Crippen molar-refractivity contribution in [2.45, 2.75) is 6.54 Å². The van der Waals surface area contributed by atoms with Gasteiger partial charge in [-0.3, -0.25) is 9.97 Å². The van der Waals surface area contributed by atoms with E-state index in [0.717, 1.165) is 59.2 Å². The highest BCUT2D eigenvalue weighted by Gasteiger charge is 2.22. The van der Waals surface area contributed by atoms with Crippen molar-refractivity contribution in [2.24, 2.45) is 0 Å². The maximum Gasteiger partial charge on any atom is 0.0890 e. The highest BCUT2D eigenvalue weighted by molar-refractivity contribution is 6.30. The first-order chi connectivity index (χ1) is 12.3. The molecule has 4 rings (SSSR count). The molecule has 0 atom stereocenters. The number of nitrogens with zero attached hydrogens (tertiary/aromatic N) is 3. The summed E-state index contributed by atoms with van der Waals surface area (Å²) in [7, 11) is 0. The zero-order valence-corrected chi connectivity index (χ0v) is 14.7. The Balaban J connectivity index is 1.50. The van der Waals surface area contributed by atoms with Crippen LogP contribution in [0.3, 0.4) is 0 Å². The van der Waals surface area contributed by atoms with Gasteiger partial charge in [0, 0.05) is 51.3 Å². The van der Waals surface area contributed by atoms with Gasteiger partial charge in [-0.25, -0.2) is 0 Å². The second-order valence-corrected chi connectivity index (χ2v) is 6.62. The van der Waals surface area contributed by atoms with Crippen molar-refractivity contribution >= 4 is 22.6 Å². The van der Waals surface area contributed by atoms with Gasteiger partial charge in [0.2, 0.25) is 0 Å². The lowest BCUT2D eigenvalue weighted by Gasteiger charge is -2.35. The number of hydrogen-bond donors (Lipinski definition) is 3. The van der Waals surface area contributed by atoms with Crippen LogP contribution in [0.5, 0.6) is 0 Å². The van der Waals surface area contributed by atoms with Crippen molar-refractivity contribution in [3.63, 3.8) is 0 Å². The summed E-state index contributed by atoms with van der Waals surface area (Å²) in [5.41, 5.74) is 5.14. The van der Waals surface area contributed by atoms with E-state index in [1.807, 2.05) is 12.3 Å². The summed E-state index contributed by atoms with van der Waals surface area (Å²) in [6.45, 7) is 5.29. The van der Waals surface area contributed by atoms with Crippen molar-refractivity contribution in [2.75, 3.05) is 32.7 Å². The van der Waals surface area contributed by atoms with E-state index in [1.54, 1.807) is 12.4 Å². The Morgan fingerprint density at radius 3 is 2.76 bits per heavy atom. The molecule has 7 heteroatoms. The number of benzene rings is 1. The molecule has 2 aliphatic heterocycles. The number of rotatable bonds is 4. The lowest BCUT2D eigenvalue weighted by Crippen LogP contribution is -2.45. The van der Waals surface area contributed by atoms with Crippen LogP contribution in [0.25, 0.3) is 11.0 Å². The highest BCUT2D eigenvalue weighted by Crippen LogP contribution is 2.24. The first-order valence-corrected chi connectivity index (χ1v) is 8.91. The molecule has 0 aliphatic carbocycles. The minimum atomic E-state index is 0.678. The normalized spacial score (nSPS) is 18.1. The molecule has 130 valence electrons. The minimum Gasteiger partial charge on any atom is -0.384 e. The van der Waals surface area contributed by atoms with E-state index < -0.39 is 0 Å². The van der Waals surface area contributed by atoms with Crippen LogP contribution in [0, 0.1) is 0 Å². The number of fused-ring (bicyclic) bond motifs is 1. The second-order valence-electron chi connectivity index (χ2n) is 6.16. The summed E-state index contributed by atoms with van der Waals surface area (Å²) in [5, 5.41) is 11.0. The molecule has 0 spiro atoms. The van der Waals surface area contributed by atoms with Crippen molar-refractivity contribution in [3.05, 3.63) is 58.8 Å². The molecule has 1 saturated heterocycles. The molecule has 0 unspecified atom stereocenters. The van der Waals surface area contributed by atoms with Crippen LogP contribution in [0.4, 0.5) is 0 Å². The number of halogens is 1. The molecular formula is C18H21ClN6. The molecule has 0 saturated carbocycles. The van der Waals surface area contributed by atoms with Gasteiger partial charge in [-0.15, -0.1) is 0 Å². The number of piperazine rings is 1. The Morgan fingerprint density at radius 1 is 1.12 bits per heavy atom. The molecule has 0 bridgehead atoms. The van der Waals surface area contributed by atoms with E-state index in [0.29, 0.717) is 13.1 Å². The fourth-order valence-corrected chi connectivity index (χ4v) is 3.52. The predicted octanol–water partition coefficient (Wildman–Crippen LogP) is 1.52. The lowest BCUT2D eigenvalue weighted by atomic mass is 10.1. The van der Waals surface area contributed by atoms with Crippen LogP contribution < -0.4 is 16.0 Å². The molecular weight excluding hydrogens is 336 g/mol. The monoisotopic (exact) mass is 356 g/mol. The predicted molar refractivity (Wildman–Crippen MR) is 99.8 cm³/mol. The van der Waals surface area contributed by atoms with Crippen molar-refractivity contribution in [1.82, 2.24) is 30.8 Å². The van der Waals surface area contributed by atoms with Crippen LogP contribution in [-0.2, 0) is 6.54 Å². The zero-order valence-electron chi connectivity index (χ0n) is 13.9. The first-order valence-electron chi connectivity index (χ1n) is 8.53. The molecule has 25 heavy (non-hydrogen) atoms. The van der Waals surface area contributed by atoms with Gasteiger partial charge in [-0.05, 0) is 17.7 Å². The van der Waals surface area contributed by atoms with E-state index in [-0.39, 0.29) is 0 Å². The van der Waals surface area contributed by atoms with Gasteiger partial charge in [0.25, 0.3) is 0 Å². The average molecular weight is 357 g/mol. The van der Waals surface area contributed by atoms with Gasteiger partial charge in [0.15, 0.2) is 0 Å². The van der Waals surface area contributed by atoms with Crippen LogP contribution in [0.15, 0.2) is 53.2 Å². The number of dihydropyridines is 1. The molecule has 6 nitrogen and oxygen atoms in total. The Morgan fingerprint density at radius 2 is 1.92 bits per heavy atom. The maximum atomic E-state index is 6.53. The molecule has 3 N–H and O–H groups in total. The van der Waals surface area contributed by atoms with Crippen LogP contribution in [-0.4, -0.2) is 47.6 Å². The van der Waals surface area contributed by atoms with Crippen LogP contribution in [0.1, 0.15) is 5.56 Å². The second kappa shape index (κ2) is 7.29. The minimum absolute atomic E-state index is 0.678. The zero-order chi connectivity index (χ0) is 17.1. The largest absolute Gasteiger partial charge is 0.384 e. The quantitative estimate of drug-likeness (QED) is 0.772. The molecule has 3 heterocycles. The van der Waals surface area contributed by atoms with Crippen molar-refractivity contribution in [3.8, 4) is 0 Å². The third-order valence-corrected chi connectivity index (χ3v) is 4.78. The standard InChI is InChI=1S/C18H21ClN6/c19-14-11-21-12-17(18(14)25-7-5-20-6-8-25)24-10-13-1-2-15-16(9-13)23-4-3-22-15/h1-4,9,12,20-21,24H,5-8,10-11H2. The molecule has 2 aromatic rings. The summed E-state index contributed by atoms with van der Waals surface area (Å²) in [6.07, 6.45) is 5.45. The van der Waals surface area contributed by atoms with Crippen LogP contribution in [0.2, 0.25) is 0 Å². The Bertz CT molecular complexity index is 825. The summed E-state index contributed by atoms with van der Waals surface area (Å²) in [6, 6.07) is 6.16. The third-order valence-electron chi connectivity index (χ3n) is 4.47. The maximum absolute atomic E-state index is 6.53. The molecule has 1 aromatic heterocycles. The van der Waals surface area contributed by atoms with E-state index in [9.17, 15) is 0 Å². The van der Waals surface area contributed by atoms with Gasteiger partial charge >= 0.3 is 0 Å².